The van der Waals surface area contributed by atoms with Gasteiger partial charge in [-0.3, -0.25) is 0 Å². The molecule has 2 rings (SSSR count). The van der Waals surface area contributed by atoms with Crippen molar-refractivity contribution in [1.82, 2.24) is 0 Å². The maximum Gasteiger partial charge on any atom is 0.0153 e. The van der Waals surface area contributed by atoms with Crippen molar-refractivity contribution in [2.24, 2.45) is 16.7 Å². The Morgan fingerprint density at radius 1 is 0.850 bits per heavy atom. The molecule has 40 heavy (non-hydrogen) atoms. The lowest BCUT2D eigenvalue weighted by atomic mass is 9.71. The second-order valence-electron chi connectivity index (χ2n) is 13.6. The highest BCUT2D eigenvalue weighted by atomic mass is 14.3. The van der Waals surface area contributed by atoms with Crippen LogP contribution in [-0.4, -0.2) is 0 Å². The van der Waals surface area contributed by atoms with Crippen LogP contribution < -0.4 is 0 Å². The van der Waals surface area contributed by atoms with Crippen molar-refractivity contribution in [2.75, 3.05) is 0 Å². The lowest BCUT2D eigenvalue weighted by molar-refractivity contribution is 0.354. The fourth-order valence-electron chi connectivity index (χ4n) is 6.07. The number of rotatable bonds is 8. The summed E-state index contributed by atoms with van der Waals surface area (Å²) >= 11 is 0. The molecular weight excluding hydrogens is 480 g/mol. The highest BCUT2D eigenvalue weighted by molar-refractivity contribution is 5.37. The van der Waals surface area contributed by atoms with Crippen molar-refractivity contribution in [3.8, 4) is 23.7 Å². The van der Waals surface area contributed by atoms with Gasteiger partial charge in [-0.2, -0.15) is 0 Å². The van der Waals surface area contributed by atoms with Gasteiger partial charge in [0.2, 0.25) is 0 Å². The number of allylic oxidation sites excluding steroid dienone is 14. The van der Waals surface area contributed by atoms with Gasteiger partial charge in [0, 0.05) is 6.42 Å². The van der Waals surface area contributed by atoms with Gasteiger partial charge in [-0.25, -0.2) is 0 Å². The third kappa shape index (κ3) is 11.4. The molecule has 0 saturated heterocycles. The van der Waals surface area contributed by atoms with Crippen molar-refractivity contribution >= 4 is 0 Å². The summed E-state index contributed by atoms with van der Waals surface area (Å²) in [6.45, 7) is 22.8. The Kier molecular flexibility index (Phi) is 13.3. The highest BCUT2D eigenvalue weighted by Gasteiger charge is 2.28. The molecule has 1 atom stereocenters. The average molecular weight is 537 g/mol. The lowest BCUT2D eigenvalue weighted by Crippen LogP contribution is -2.20. The first-order chi connectivity index (χ1) is 18.8. The molecule has 0 N–H and O–H groups in total. The second kappa shape index (κ2) is 15.9. The topological polar surface area (TPSA) is 0 Å². The summed E-state index contributed by atoms with van der Waals surface area (Å²) in [6.07, 6.45) is 26.0. The molecule has 0 heteroatoms. The first-order valence-electron chi connectivity index (χ1n) is 15.6. The molecule has 0 heterocycles. The van der Waals surface area contributed by atoms with Gasteiger partial charge in [-0.15, -0.1) is 0 Å². The monoisotopic (exact) mass is 536 g/mol. The molecule has 0 aliphatic heterocycles. The van der Waals surface area contributed by atoms with Crippen LogP contribution in [0, 0.1) is 40.4 Å². The predicted molar refractivity (Wildman–Crippen MR) is 179 cm³/mol. The molecule has 0 bridgehead atoms. The van der Waals surface area contributed by atoms with E-state index in [-0.39, 0.29) is 0 Å². The van der Waals surface area contributed by atoms with Crippen LogP contribution in [0.25, 0.3) is 0 Å². The zero-order valence-electron chi connectivity index (χ0n) is 27.5. The Morgan fingerprint density at radius 3 is 2.08 bits per heavy atom. The predicted octanol–water partition coefficient (Wildman–Crippen LogP) is 11.8. The van der Waals surface area contributed by atoms with E-state index >= 15 is 0 Å². The number of hydrogen-bond donors (Lipinski definition) is 0. The van der Waals surface area contributed by atoms with Gasteiger partial charge in [-0.1, -0.05) is 117 Å². The van der Waals surface area contributed by atoms with E-state index in [1.54, 1.807) is 16.7 Å². The largest absolute Gasteiger partial charge is 0.0976 e. The normalized spacial score (nSPS) is 20.9. The Labute approximate surface area is 248 Å². The quantitative estimate of drug-likeness (QED) is 0.164. The summed E-state index contributed by atoms with van der Waals surface area (Å²) in [5, 5.41) is 0. The van der Waals surface area contributed by atoms with Crippen LogP contribution in [-0.2, 0) is 0 Å². The van der Waals surface area contributed by atoms with Crippen molar-refractivity contribution < 1.29 is 0 Å². The molecule has 2 aliphatic rings. The zero-order chi connectivity index (χ0) is 29.8. The van der Waals surface area contributed by atoms with E-state index in [1.807, 2.05) is 0 Å². The first-order valence-corrected chi connectivity index (χ1v) is 15.6. The SMILES string of the molecule is CC1=C(/C=C/C(C)CC#C/C(C)=C/C=C/C=C(/C)C#C/C=C(\C)CCC2=C(C)CCCC2(C)C)C(C)(C)CCC1. The van der Waals surface area contributed by atoms with E-state index in [0.717, 1.165) is 24.0 Å². The van der Waals surface area contributed by atoms with Crippen molar-refractivity contribution in [3.05, 3.63) is 81.5 Å². The van der Waals surface area contributed by atoms with Gasteiger partial charge < -0.3 is 0 Å². The lowest BCUT2D eigenvalue weighted by Gasteiger charge is -2.34. The van der Waals surface area contributed by atoms with Crippen molar-refractivity contribution in [2.45, 2.75) is 127 Å². The summed E-state index contributed by atoms with van der Waals surface area (Å²) < 4.78 is 0. The zero-order valence-corrected chi connectivity index (χ0v) is 27.5. The molecular formula is C40H56. The maximum atomic E-state index is 3.36. The van der Waals surface area contributed by atoms with E-state index in [2.05, 4.69) is 135 Å². The molecule has 2 aliphatic carbocycles. The standard InChI is InChI=1S/C40H56/c1-31(19-13-21-33(3)25-27-37-35(5)23-15-29-39(37,7)8)17-11-12-18-32(2)20-14-22-34(4)26-28-38-36(6)24-16-30-40(38,9)10/h11-12,17-18,21,26,28,34H,15-16,22-25,27,29-30H2,1-10H3/b12-11+,28-26+,31-17-,32-18+,33-21+. The third-order valence-corrected chi connectivity index (χ3v) is 8.69. The third-order valence-electron chi connectivity index (χ3n) is 8.69. The van der Waals surface area contributed by atoms with Crippen LogP contribution in [0.3, 0.4) is 0 Å². The molecule has 0 saturated carbocycles. The van der Waals surface area contributed by atoms with Gasteiger partial charge in [0.1, 0.15) is 0 Å². The van der Waals surface area contributed by atoms with Gasteiger partial charge in [0.25, 0.3) is 0 Å². The molecule has 1 unspecified atom stereocenters. The van der Waals surface area contributed by atoms with E-state index in [0.29, 0.717) is 16.7 Å². The van der Waals surface area contributed by atoms with E-state index in [1.165, 1.54) is 56.1 Å². The Bertz CT molecular complexity index is 1220. The minimum Gasteiger partial charge on any atom is -0.0976 e. The maximum absolute atomic E-state index is 3.36. The van der Waals surface area contributed by atoms with E-state index in [9.17, 15) is 0 Å². The summed E-state index contributed by atoms with van der Waals surface area (Å²) in [5.41, 5.74) is 10.6. The smallest absolute Gasteiger partial charge is 0.0153 e. The molecule has 0 aromatic rings. The molecule has 0 aromatic heterocycles. The van der Waals surface area contributed by atoms with Crippen LogP contribution >= 0.6 is 0 Å². The minimum absolute atomic E-state index is 0.299. The molecule has 0 spiro atoms. The van der Waals surface area contributed by atoms with Gasteiger partial charge in [0.05, 0.1) is 0 Å². The van der Waals surface area contributed by atoms with Gasteiger partial charge in [0.15, 0.2) is 0 Å². The summed E-state index contributed by atoms with van der Waals surface area (Å²) in [5.74, 6) is 13.6. The Balaban J connectivity index is 1.83. The fourth-order valence-corrected chi connectivity index (χ4v) is 6.07. The summed E-state index contributed by atoms with van der Waals surface area (Å²) in [6, 6.07) is 0. The number of hydrogen-bond acceptors (Lipinski definition) is 0. The van der Waals surface area contributed by atoms with Crippen LogP contribution in [0.1, 0.15) is 127 Å². The van der Waals surface area contributed by atoms with Gasteiger partial charge in [-0.05, 0) is 126 Å². The van der Waals surface area contributed by atoms with Crippen LogP contribution in [0.15, 0.2) is 81.5 Å². The summed E-state index contributed by atoms with van der Waals surface area (Å²) in [4.78, 5) is 0. The van der Waals surface area contributed by atoms with Crippen molar-refractivity contribution in [3.63, 3.8) is 0 Å². The molecule has 216 valence electrons. The van der Waals surface area contributed by atoms with Crippen LogP contribution in [0.2, 0.25) is 0 Å². The fraction of sp³-hybridized carbons (Fsp3) is 0.550. The molecule has 0 nitrogen and oxygen atoms in total. The second-order valence-corrected chi connectivity index (χ2v) is 13.6. The first kappa shape index (κ1) is 33.5. The van der Waals surface area contributed by atoms with E-state index in [4.69, 9.17) is 0 Å². The van der Waals surface area contributed by atoms with Crippen molar-refractivity contribution in [1.29, 1.82) is 0 Å². The van der Waals surface area contributed by atoms with Gasteiger partial charge >= 0.3 is 0 Å². The highest BCUT2D eigenvalue weighted by Crippen LogP contribution is 2.43. The van der Waals surface area contributed by atoms with Crippen LogP contribution in [0.5, 0.6) is 0 Å². The van der Waals surface area contributed by atoms with Crippen LogP contribution in [0.4, 0.5) is 0 Å². The molecule has 0 aromatic carbocycles. The summed E-state index contributed by atoms with van der Waals surface area (Å²) in [7, 11) is 0. The Morgan fingerprint density at radius 2 is 1.45 bits per heavy atom. The average Bonchev–Trinajstić information content (AvgIpc) is 2.85. The van der Waals surface area contributed by atoms with E-state index < -0.39 is 0 Å². The molecule has 0 fully saturated rings. The Hall–Kier alpha value is -2.70. The molecule has 0 radical (unpaired) electrons. The molecule has 0 amide bonds. The minimum atomic E-state index is 0.299.